The number of hydrogen-bond acceptors (Lipinski definition) is 1. The second-order valence-corrected chi connectivity index (χ2v) is 3.49. The predicted molar refractivity (Wildman–Crippen MR) is 65.9 cm³/mol. The van der Waals surface area contributed by atoms with Crippen LogP contribution in [0, 0.1) is 6.92 Å². The Hall–Kier alpha value is -1.08. The number of ether oxygens (including phenoxy) is 1. The van der Waals surface area contributed by atoms with Crippen LogP contribution >= 0.6 is 0 Å². The fourth-order valence-corrected chi connectivity index (χ4v) is 1.80. The Labute approximate surface area is 92.8 Å². The average Bonchev–Trinajstić information content (AvgIpc) is 2.30. The SMILES string of the molecule is CC.COC1CC=Cc2cc(C)ccc21. The molecule has 0 bridgehead atoms. The highest BCUT2D eigenvalue weighted by Crippen LogP contribution is 2.30. The van der Waals surface area contributed by atoms with Crippen molar-refractivity contribution < 1.29 is 4.74 Å². The topological polar surface area (TPSA) is 9.23 Å². The molecule has 0 aliphatic heterocycles. The van der Waals surface area contributed by atoms with Crippen molar-refractivity contribution >= 4 is 6.08 Å². The van der Waals surface area contributed by atoms with Crippen molar-refractivity contribution in [2.75, 3.05) is 7.11 Å². The van der Waals surface area contributed by atoms with Gasteiger partial charge in [0.25, 0.3) is 0 Å². The molecule has 15 heavy (non-hydrogen) atoms. The maximum absolute atomic E-state index is 5.41. The zero-order chi connectivity index (χ0) is 11.3. The van der Waals surface area contributed by atoms with Crippen molar-refractivity contribution in [1.29, 1.82) is 0 Å². The summed E-state index contributed by atoms with van der Waals surface area (Å²) in [4.78, 5) is 0. The summed E-state index contributed by atoms with van der Waals surface area (Å²) in [6.45, 7) is 6.12. The van der Waals surface area contributed by atoms with Crippen LogP contribution in [0.15, 0.2) is 24.3 Å². The summed E-state index contributed by atoms with van der Waals surface area (Å²) in [6, 6.07) is 6.52. The fraction of sp³-hybridized carbons (Fsp3) is 0.429. The zero-order valence-electron chi connectivity index (χ0n) is 10.1. The summed E-state index contributed by atoms with van der Waals surface area (Å²) in [7, 11) is 1.77. The number of benzene rings is 1. The average molecular weight is 204 g/mol. The van der Waals surface area contributed by atoms with E-state index in [1.165, 1.54) is 16.7 Å². The van der Waals surface area contributed by atoms with Crippen molar-refractivity contribution in [3.63, 3.8) is 0 Å². The van der Waals surface area contributed by atoms with E-state index in [2.05, 4.69) is 37.3 Å². The fourth-order valence-electron chi connectivity index (χ4n) is 1.80. The van der Waals surface area contributed by atoms with E-state index in [4.69, 9.17) is 4.74 Å². The third-order valence-electron chi connectivity index (χ3n) is 2.52. The Bertz CT molecular complexity index is 339. The second-order valence-electron chi connectivity index (χ2n) is 3.49. The summed E-state index contributed by atoms with van der Waals surface area (Å²) in [5.41, 5.74) is 3.92. The highest BCUT2D eigenvalue weighted by Gasteiger charge is 2.15. The van der Waals surface area contributed by atoms with Crippen LogP contribution in [0.1, 0.15) is 43.1 Å². The molecule has 82 valence electrons. The van der Waals surface area contributed by atoms with E-state index in [1.807, 2.05) is 13.8 Å². The number of aryl methyl sites for hydroxylation is 1. The number of rotatable bonds is 1. The van der Waals surface area contributed by atoms with Crippen molar-refractivity contribution in [2.24, 2.45) is 0 Å². The molecule has 0 saturated carbocycles. The van der Waals surface area contributed by atoms with Crippen LogP contribution in [0.3, 0.4) is 0 Å². The van der Waals surface area contributed by atoms with Gasteiger partial charge in [-0.15, -0.1) is 0 Å². The molecule has 1 aliphatic rings. The molecule has 0 aromatic heterocycles. The predicted octanol–water partition coefficient (Wildman–Crippen LogP) is 4.13. The molecule has 0 spiro atoms. The first-order chi connectivity index (χ1) is 7.31. The maximum atomic E-state index is 5.41. The van der Waals surface area contributed by atoms with Gasteiger partial charge < -0.3 is 4.74 Å². The Morgan fingerprint density at radius 2 is 2.00 bits per heavy atom. The lowest BCUT2D eigenvalue weighted by Gasteiger charge is -2.20. The van der Waals surface area contributed by atoms with Gasteiger partial charge in [0.15, 0.2) is 0 Å². The van der Waals surface area contributed by atoms with Gasteiger partial charge in [-0.25, -0.2) is 0 Å². The van der Waals surface area contributed by atoms with Crippen LogP contribution in [0.25, 0.3) is 6.08 Å². The Morgan fingerprint density at radius 1 is 1.27 bits per heavy atom. The molecule has 1 unspecified atom stereocenters. The van der Waals surface area contributed by atoms with Gasteiger partial charge in [0.2, 0.25) is 0 Å². The Balaban J connectivity index is 0.000000531. The van der Waals surface area contributed by atoms with Gasteiger partial charge in [0, 0.05) is 7.11 Å². The first-order valence-corrected chi connectivity index (χ1v) is 5.61. The van der Waals surface area contributed by atoms with Gasteiger partial charge in [-0.1, -0.05) is 49.8 Å². The largest absolute Gasteiger partial charge is 0.376 e. The van der Waals surface area contributed by atoms with Crippen molar-refractivity contribution in [3.05, 3.63) is 41.0 Å². The molecule has 1 aromatic rings. The molecule has 1 heteroatoms. The molecular formula is C14H20O. The molecule has 0 fully saturated rings. The Kier molecular flexibility index (Phi) is 4.57. The van der Waals surface area contributed by atoms with Crippen LogP contribution in [0.2, 0.25) is 0 Å². The maximum Gasteiger partial charge on any atom is 0.0861 e. The third kappa shape index (κ3) is 2.69. The molecular weight excluding hydrogens is 184 g/mol. The lowest BCUT2D eigenvalue weighted by Crippen LogP contribution is -2.05. The van der Waals surface area contributed by atoms with Crippen LogP contribution in [0.5, 0.6) is 0 Å². The molecule has 1 aliphatic carbocycles. The second kappa shape index (κ2) is 5.72. The molecule has 2 rings (SSSR count). The summed E-state index contributed by atoms with van der Waals surface area (Å²) in [5.74, 6) is 0. The van der Waals surface area contributed by atoms with E-state index < -0.39 is 0 Å². The molecule has 1 atom stereocenters. The molecule has 0 N–H and O–H groups in total. The standard InChI is InChI=1S/C12H14O.C2H6/c1-9-6-7-11-10(8-9)4-3-5-12(11)13-2;1-2/h3-4,6-8,12H,5H2,1-2H3;1-2H3. The minimum atomic E-state index is 0.251. The number of fused-ring (bicyclic) bond motifs is 1. The van der Waals surface area contributed by atoms with Crippen LogP contribution < -0.4 is 0 Å². The molecule has 0 amide bonds. The van der Waals surface area contributed by atoms with Crippen molar-refractivity contribution in [3.8, 4) is 0 Å². The summed E-state index contributed by atoms with van der Waals surface area (Å²) >= 11 is 0. The van der Waals surface area contributed by atoms with Gasteiger partial charge in [-0.05, 0) is 24.5 Å². The van der Waals surface area contributed by atoms with E-state index in [0.717, 1.165) is 6.42 Å². The molecule has 0 saturated heterocycles. The van der Waals surface area contributed by atoms with E-state index in [9.17, 15) is 0 Å². The van der Waals surface area contributed by atoms with Crippen LogP contribution in [0.4, 0.5) is 0 Å². The molecule has 1 aromatic carbocycles. The van der Waals surface area contributed by atoms with E-state index >= 15 is 0 Å². The highest BCUT2D eigenvalue weighted by atomic mass is 16.5. The molecule has 1 nitrogen and oxygen atoms in total. The van der Waals surface area contributed by atoms with Gasteiger partial charge >= 0.3 is 0 Å². The summed E-state index contributed by atoms with van der Waals surface area (Å²) < 4.78 is 5.41. The van der Waals surface area contributed by atoms with Gasteiger partial charge in [0.05, 0.1) is 6.10 Å². The van der Waals surface area contributed by atoms with E-state index in [-0.39, 0.29) is 6.10 Å². The quantitative estimate of drug-likeness (QED) is 0.668. The first-order valence-electron chi connectivity index (χ1n) is 5.61. The van der Waals surface area contributed by atoms with Crippen molar-refractivity contribution in [2.45, 2.75) is 33.3 Å². The van der Waals surface area contributed by atoms with Crippen LogP contribution in [-0.2, 0) is 4.74 Å². The number of hydrogen-bond donors (Lipinski definition) is 0. The molecule has 0 radical (unpaired) electrons. The monoisotopic (exact) mass is 204 g/mol. The lowest BCUT2D eigenvalue weighted by atomic mass is 9.93. The smallest absolute Gasteiger partial charge is 0.0861 e. The van der Waals surface area contributed by atoms with Crippen molar-refractivity contribution in [1.82, 2.24) is 0 Å². The Morgan fingerprint density at radius 3 is 2.67 bits per heavy atom. The molecule has 0 heterocycles. The first kappa shape index (κ1) is 12.0. The lowest BCUT2D eigenvalue weighted by molar-refractivity contribution is 0.105. The van der Waals surface area contributed by atoms with Gasteiger partial charge in [0.1, 0.15) is 0 Å². The number of methoxy groups -OCH3 is 1. The van der Waals surface area contributed by atoms with Gasteiger partial charge in [-0.3, -0.25) is 0 Å². The summed E-state index contributed by atoms with van der Waals surface area (Å²) in [5, 5.41) is 0. The third-order valence-corrected chi connectivity index (χ3v) is 2.52. The minimum absolute atomic E-state index is 0.251. The van der Waals surface area contributed by atoms with E-state index in [1.54, 1.807) is 7.11 Å². The van der Waals surface area contributed by atoms with Gasteiger partial charge in [-0.2, -0.15) is 0 Å². The van der Waals surface area contributed by atoms with E-state index in [0.29, 0.717) is 0 Å². The summed E-state index contributed by atoms with van der Waals surface area (Å²) in [6.07, 6.45) is 5.60. The highest BCUT2D eigenvalue weighted by molar-refractivity contribution is 5.58. The zero-order valence-corrected chi connectivity index (χ0v) is 10.1. The minimum Gasteiger partial charge on any atom is -0.376 e. The van der Waals surface area contributed by atoms with Crippen LogP contribution in [-0.4, -0.2) is 7.11 Å². The normalized spacial score (nSPS) is 17.7.